The molecule has 0 saturated carbocycles. The number of rotatable bonds is 6. The fraction of sp³-hybridized carbons (Fsp3) is 0.136. The number of hydrogen-bond donors (Lipinski definition) is 1. The molecule has 0 fully saturated rings. The molecule has 8 nitrogen and oxygen atoms in total. The average molecular weight is 421 g/mol. The van der Waals surface area contributed by atoms with Crippen LogP contribution in [0.1, 0.15) is 33.6 Å². The van der Waals surface area contributed by atoms with Crippen molar-refractivity contribution in [2.45, 2.75) is 12.8 Å². The van der Waals surface area contributed by atoms with E-state index in [0.29, 0.717) is 16.5 Å². The summed E-state index contributed by atoms with van der Waals surface area (Å²) in [7, 11) is 0. The van der Waals surface area contributed by atoms with Crippen LogP contribution in [0.4, 0.5) is 15.8 Å². The zero-order valence-electron chi connectivity index (χ0n) is 16.1. The minimum absolute atomic E-state index is 0.00717. The van der Waals surface area contributed by atoms with Crippen LogP contribution >= 0.6 is 0 Å². The quantitative estimate of drug-likeness (QED) is 0.369. The van der Waals surface area contributed by atoms with Gasteiger partial charge < -0.3 is 5.32 Å². The van der Waals surface area contributed by atoms with Crippen molar-refractivity contribution in [1.29, 1.82) is 0 Å². The fourth-order valence-corrected chi connectivity index (χ4v) is 3.62. The second-order valence-electron chi connectivity index (χ2n) is 7.04. The first kappa shape index (κ1) is 20.1. The Kier molecular flexibility index (Phi) is 5.16. The summed E-state index contributed by atoms with van der Waals surface area (Å²) in [5, 5.41) is 14.5. The predicted octanol–water partition coefficient (Wildman–Crippen LogP) is 3.90. The highest BCUT2D eigenvalue weighted by Gasteiger charge is 2.32. The normalized spacial score (nSPS) is 12.9. The van der Waals surface area contributed by atoms with Gasteiger partial charge in [0.25, 0.3) is 17.5 Å². The first-order valence-corrected chi connectivity index (χ1v) is 9.48. The maximum absolute atomic E-state index is 13.8. The first-order chi connectivity index (χ1) is 14.9. The first-order valence-electron chi connectivity index (χ1n) is 9.48. The second kappa shape index (κ2) is 7.94. The van der Waals surface area contributed by atoms with Crippen molar-refractivity contribution in [2.75, 3.05) is 11.9 Å². The lowest BCUT2D eigenvalue weighted by Gasteiger charge is -2.27. The monoisotopic (exact) mass is 421 g/mol. The van der Waals surface area contributed by atoms with E-state index < -0.39 is 28.5 Å². The van der Waals surface area contributed by atoms with E-state index in [0.717, 1.165) is 28.5 Å². The average Bonchev–Trinajstić information content (AvgIpc) is 2.75. The zero-order chi connectivity index (χ0) is 22.1. The molecule has 1 aliphatic heterocycles. The van der Waals surface area contributed by atoms with E-state index in [4.69, 9.17) is 0 Å². The molecule has 0 aromatic heterocycles. The number of nitro benzene ring substituents is 1. The van der Waals surface area contributed by atoms with E-state index in [1.54, 1.807) is 24.3 Å². The van der Waals surface area contributed by atoms with E-state index in [1.807, 2.05) is 12.1 Å². The van der Waals surface area contributed by atoms with Crippen molar-refractivity contribution in [1.82, 2.24) is 4.90 Å². The third kappa shape index (κ3) is 3.73. The molecule has 0 unspecified atom stereocenters. The van der Waals surface area contributed by atoms with Gasteiger partial charge in [-0.05, 0) is 30.0 Å². The molecule has 0 saturated heterocycles. The van der Waals surface area contributed by atoms with Crippen LogP contribution in [0, 0.1) is 15.9 Å². The van der Waals surface area contributed by atoms with Crippen LogP contribution in [0.15, 0.2) is 54.6 Å². The molecule has 4 rings (SSSR count). The van der Waals surface area contributed by atoms with Crippen LogP contribution in [-0.2, 0) is 4.79 Å². The number of nitro groups is 1. The third-order valence-corrected chi connectivity index (χ3v) is 5.08. The summed E-state index contributed by atoms with van der Waals surface area (Å²) in [5.74, 6) is -2.25. The molecule has 3 amide bonds. The van der Waals surface area contributed by atoms with Crippen molar-refractivity contribution in [2.24, 2.45) is 0 Å². The molecule has 1 N–H and O–H groups in total. The van der Waals surface area contributed by atoms with Crippen LogP contribution in [0.5, 0.6) is 0 Å². The number of imide groups is 1. The summed E-state index contributed by atoms with van der Waals surface area (Å²) < 4.78 is 13.8. The van der Waals surface area contributed by atoms with Gasteiger partial charge in [-0.2, -0.15) is 0 Å². The van der Waals surface area contributed by atoms with E-state index in [1.165, 1.54) is 0 Å². The van der Waals surface area contributed by atoms with E-state index in [9.17, 15) is 28.9 Å². The molecule has 1 aliphatic rings. The third-order valence-electron chi connectivity index (χ3n) is 5.08. The van der Waals surface area contributed by atoms with Gasteiger partial charge in [-0.3, -0.25) is 29.4 Å². The van der Waals surface area contributed by atoms with Crippen molar-refractivity contribution in [3.05, 3.63) is 81.7 Å². The van der Waals surface area contributed by atoms with Crippen molar-refractivity contribution >= 4 is 39.9 Å². The summed E-state index contributed by atoms with van der Waals surface area (Å²) in [6.45, 7) is 0.00717. The van der Waals surface area contributed by atoms with E-state index >= 15 is 0 Å². The number of non-ortho nitro benzene ring substituents is 1. The van der Waals surface area contributed by atoms with Crippen LogP contribution in [0.2, 0.25) is 0 Å². The van der Waals surface area contributed by atoms with Crippen molar-refractivity contribution in [3.8, 4) is 0 Å². The number of amides is 3. The number of benzene rings is 3. The molecule has 9 heteroatoms. The highest BCUT2D eigenvalue weighted by Crippen LogP contribution is 2.30. The molecule has 3 aromatic rings. The van der Waals surface area contributed by atoms with E-state index in [2.05, 4.69) is 5.32 Å². The Bertz CT molecular complexity index is 1210. The lowest BCUT2D eigenvalue weighted by Crippen LogP contribution is -2.41. The Morgan fingerprint density at radius 2 is 1.68 bits per heavy atom. The van der Waals surface area contributed by atoms with Crippen molar-refractivity contribution < 1.29 is 23.7 Å². The van der Waals surface area contributed by atoms with Crippen LogP contribution in [-0.4, -0.2) is 34.1 Å². The lowest BCUT2D eigenvalue weighted by molar-refractivity contribution is -0.384. The largest absolute Gasteiger partial charge is 0.323 e. The van der Waals surface area contributed by atoms with Gasteiger partial charge in [0.15, 0.2) is 0 Å². The van der Waals surface area contributed by atoms with Crippen LogP contribution in [0.25, 0.3) is 10.8 Å². The van der Waals surface area contributed by atoms with Gasteiger partial charge in [-0.15, -0.1) is 0 Å². The van der Waals surface area contributed by atoms with Gasteiger partial charge in [-0.25, -0.2) is 4.39 Å². The minimum atomic E-state index is -0.801. The Hall–Kier alpha value is -4.14. The predicted molar refractivity (Wildman–Crippen MR) is 110 cm³/mol. The fourth-order valence-electron chi connectivity index (χ4n) is 3.62. The standard InChI is InChI=1S/C22H16FN3O5/c23-17-10-9-14(26(30)31)12-18(17)24-19(27)8-3-11-25-21(28)15-6-1-4-13-5-2-7-16(20(13)15)22(25)29/h1-2,4-7,9-10,12H,3,8,11H2,(H,24,27). The number of halogens is 1. The number of carbonyl (C=O) groups is 3. The topological polar surface area (TPSA) is 110 Å². The number of nitrogens with zero attached hydrogens (tertiary/aromatic N) is 2. The molecule has 0 bridgehead atoms. The molecular weight excluding hydrogens is 405 g/mol. The molecule has 0 spiro atoms. The number of nitrogens with one attached hydrogen (secondary N) is 1. The molecule has 0 atom stereocenters. The number of carbonyl (C=O) groups excluding carboxylic acids is 3. The molecule has 0 radical (unpaired) electrons. The Morgan fingerprint density at radius 3 is 2.29 bits per heavy atom. The van der Waals surface area contributed by atoms with Crippen molar-refractivity contribution in [3.63, 3.8) is 0 Å². The molecule has 3 aromatic carbocycles. The number of hydrogen-bond acceptors (Lipinski definition) is 5. The van der Waals surface area contributed by atoms with Gasteiger partial charge in [0.1, 0.15) is 5.82 Å². The summed E-state index contributed by atoms with van der Waals surface area (Å²) in [4.78, 5) is 49.0. The molecule has 156 valence electrons. The summed E-state index contributed by atoms with van der Waals surface area (Å²) >= 11 is 0. The molecular formula is C22H16FN3O5. The Morgan fingerprint density at radius 1 is 1.03 bits per heavy atom. The van der Waals surface area contributed by atoms with Crippen LogP contribution in [0.3, 0.4) is 0 Å². The Labute approximate surface area is 175 Å². The summed E-state index contributed by atoms with van der Waals surface area (Å²) in [5.41, 5.74) is 0.200. The summed E-state index contributed by atoms with van der Waals surface area (Å²) in [6, 6.07) is 13.3. The maximum atomic E-state index is 13.8. The van der Waals surface area contributed by atoms with Gasteiger partial charge >= 0.3 is 0 Å². The van der Waals surface area contributed by atoms with Gasteiger partial charge in [-0.1, -0.05) is 24.3 Å². The van der Waals surface area contributed by atoms with Gasteiger partial charge in [0.2, 0.25) is 5.91 Å². The Balaban J connectivity index is 1.43. The molecule has 31 heavy (non-hydrogen) atoms. The van der Waals surface area contributed by atoms with Gasteiger partial charge in [0.05, 0.1) is 10.6 Å². The highest BCUT2D eigenvalue weighted by atomic mass is 19.1. The maximum Gasteiger partial charge on any atom is 0.271 e. The zero-order valence-corrected chi connectivity index (χ0v) is 16.1. The highest BCUT2D eigenvalue weighted by molar-refractivity contribution is 6.25. The summed E-state index contributed by atoms with van der Waals surface area (Å²) in [6.07, 6.45) is 0.0447. The second-order valence-corrected chi connectivity index (χ2v) is 7.04. The van der Waals surface area contributed by atoms with Crippen LogP contribution < -0.4 is 5.32 Å². The molecule has 0 aliphatic carbocycles. The molecule has 1 heterocycles. The van der Waals surface area contributed by atoms with Gasteiger partial charge in [0, 0.05) is 41.6 Å². The van der Waals surface area contributed by atoms with E-state index in [-0.39, 0.29) is 30.8 Å². The SMILES string of the molecule is O=C(CCCN1C(=O)c2cccc3cccc(c23)C1=O)Nc1cc([N+](=O)[O-])ccc1F. The smallest absolute Gasteiger partial charge is 0.271 e. The number of anilines is 1. The minimum Gasteiger partial charge on any atom is -0.323 e. The lowest BCUT2D eigenvalue weighted by atomic mass is 9.94.